The lowest BCUT2D eigenvalue weighted by Crippen LogP contribution is -2.58. The Kier molecular flexibility index (Phi) is 10.3. The zero-order valence-corrected chi connectivity index (χ0v) is 23.4. The highest BCUT2D eigenvalue weighted by Crippen LogP contribution is 2.32. The zero-order chi connectivity index (χ0) is 29.4. The van der Waals surface area contributed by atoms with Crippen molar-refractivity contribution in [1.29, 1.82) is 0 Å². The fourth-order valence-corrected chi connectivity index (χ4v) is 5.57. The molecule has 3 atom stereocenters. The molecule has 1 aromatic rings. The molecule has 220 valence electrons. The SMILES string of the molecule is C=CCCC(NC(=O)[C@@H]1CCCN1C(=O)C(NC(=O)OCC1CC1)C1Cc2ccccc2C1)C(=O)C(=O)NCC=C. The molecular weight excluding hydrogens is 524 g/mol. The average Bonchev–Trinajstić information content (AvgIpc) is 3.49. The number of allylic oxidation sites excluding steroid dienone is 1. The molecular formula is C31H40N4O6. The molecule has 0 radical (unpaired) electrons. The predicted octanol–water partition coefficient (Wildman–Crippen LogP) is 2.22. The number of hydrogen-bond donors (Lipinski definition) is 3. The maximum absolute atomic E-state index is 14.0. The van der Waals surface area contributed by atoms with Crippen molar-refractivity contribution in [3.8, 4) is 0 Å². The Morgan fingerprint density at radius 1 is 1.00 bits per heavy atom. The minimum absolute atomic E-state index is 0.125. The third-order valence-corrected chi connectivity index (χ3v) is 8.00. The minimum atomic E-state index is -1.06. The number of fused-ring (bicyclic) bond motifs is 1. The van der Waals surface area contributed by atoms with Crippen LogP contribution in [0.2, 0.25) is 0 Å². The van der Waals surface area contributed by atoms with E-state index in [0.717, 1.165) is 24.0 Å². The normalized spacial score (nSPS) is 19.4. The summed E-state index contributed by atoms with van der Waals surface area (Å²) < 4.78 is 5.40. The molecule has 3 aliphatic rings. The first kappa shape index (κ1) is 30.0. The molecule has 1 aliphatic heterocycles. The summed E-state index contributed by atoms with van der Waals surface area (Å²) in [4.78, 5) is 66.8. The van der Waals surface area contributed by atoms with E-state index in [9.17, 15) is 24.0 Å². The maximum Gasteiger partial charge on any atom is 0.407 e. The van der Waals surface area contributed by atoms with Crippen molar-refractivity contribution < 1.29 is 28.7 Å². The Morgan fingerprint density at radius 3 is 2.34 bits per heavy atom. The average molecular weight is 565 g/mol. The quantitative estimate of drug-likeness (QED) is 0.234. The lowest BCUT2D eigenvalue weighted by atomic mass is 9.95. The second-order valence-corrected chi connectivity index (χ2v) is 11.1. The summed E-state index contributed by atoms with van der Waals surface area (Å²) in [5.74, 6) is -2.23. The predicted molar refractivity (Wildman–Crippen MR) is 153 cm³/mol. The summed E-state index contributed by atoms with van der Waals surface area (Å²) >= 11 is 0. The molecule has 4 rings (SSSR count). The van der Waals surface area contributed by atoms with Crippen LogP contribution in [0.3, 0.4) is 0 Å². The standard InChI is InChI=1S/C31H40N4O6/c1-3-5-11-24(27(36)29(38)32-15-4-2)33-28(37)25-12-8-16-35(25)30(39)26(34-31(40)41-19-20-13-14-20)23-17-21-9-6-7-10-22(21)18-23/h3-4,6-7,9-10,20,23-26H,1-2,5,8,11-19H2,(H,32,38)(H,33,37)(H,34,40)/t24?,25-,26?/m0/s1. The fourth-order valence-electron chi connectivity index (χ4n) is 5.57. The second kappa shape index (κ2) is 14.1. The molecule has 2 aliphatic carbocycles. The van der Waals surface area contributed by atoms with Gasteiger partial charge in [0.25, 0.3) is 5.91 Å². The number of Topliss-reactive ketones (excluding diaryl/α,β-unsaturated/α-hetero) is 1. The van der Waals surface area contributed by atoms with Crippen LogP contribution >= 0.6 is 0 Å². The van der Waals surface area contributed by atoms with Gasteiger partial charge in [-0.15, -0.1) is 13.2 Å². The van der Waals surface area contributed by atoms with E-state index in [1.165, 1.54) is 11.0 Å². The Bertz CT molecular complexity index is 1150. The summed E-state index contributed by atoms with van der Waals surface area (Å²) in [5, 5.41) is 7.99. The van der Waals surface area contributed by atoms with E-state index in [0.29, 0.717) is 51.2 Å². The molecule has 10 nitrogen and oxygen atoms in total. The molecule has 1 aromatic carbocycles. The number of nitrogens with zero attached hydrogens (tertiary/aromatic N) is 1. The Morgan fingerprint density at radius 2 is 1.71 bits per heavy atom. The number of hydrogen-bond acceptors (Lipinski definition) is 6. The van der Waals surface area contributed by atoms with Crippen LogP contribution in [0.1, 0.15) is 49.7 Å². The Labute approximate surface area is 240 Å². The van der Waals surface area contributed by atoms with Gasteiger partial charge in [-0.1, -0.05) is 36.4 Å². The van der Waals surface area contributed by atoms with E-state index in [1.807, 2.05) is 24.3 Å². The molecule has 1 saturated carbocycles. The number of alkyl carbamates (subject to hydrolysis) is 1. The molecule has 0 bridgehead atoms. The number of carbonyl (C=O) groups is 5. The van der Waals surface area contributed by atoms with Gasteiger partial charge in [-0.25, -0.2) is 4.79 Å². The highest BCUT2D eigenvalue weighted by Gasteiger charge is 2.43. The maximum atomic E-state index is 14.0. The molecule has 2 fully saturated rings. The highest BCUT2D eigenvalue weighted by molar-refractivity contribution is 6.38. The van der Waals surface area contributed by atoms with E-state index in [4.69, 9.17) is 4.74 Å². The minimum Gasteiger partial charge on any atom is -0.449 e. The van der Waals surface area contributed by atoms with Crippen LogP contribution in [0.25, 0.3) is 0 Å². The molecule has 0 spiro atoms. The molecule has 41 heavy (non-hydrogen) atoms. The van der Waals surface area contributed by atoms with Crippen molar-refractivity contribution in [3.05, 3.63) is 60.7 Å². The van der Waals surface area contributed by atoms with Gasteiger partial charge in [0.1, 0.15) is 12.1 Å². The van der Waals surface area contributed by atoms with Crippen molar-refractivity contribution >= 4 is 29.6 Å². The lowest BCUT2D eigenvalue weighted by Gasteiger charge is -2.32. The van der Waals surface area contributed by atoms with Crippen molar-refractivity contribution in [2.24, 2.45) is 11.8 Å². The first-order valence-corrected chi connectivity index (χ1v) is 14.5. The largest absolute Gasteiger partial charge is 0.449 e. The van der Waals surface area contributed by atoms with Gasteiger partial charge in [0.05, 0.1) is 12.6 Å². The first-order valence-electron chi connectivity index (χ1n) is 14.5. The van der Waals surface area contributed by atoms with Gasteiger partial charge in [0, 0.05) is 13.1 Å². The van der Waals surface area contributed by atoms with Crippen molar-refractivity contribution in [2.75, 3.05) is 19.7 Å². The van der Waals surface area contributed by atoms with Crippen molar-refractivity contribution in [1.82, 2.24) is 20.9 Å². The third kappa shape index (κ3) is 7.83. The van der Waals surface area contributed by atoms with Gasteiger partial charge in [0.15, 0.2) is 0 Å². The van der Waals surface area contributed by atoms with Gasteiger partial charge in [-0.2, -0.15) is 0 Å². The number of nitrogens with one attached hydrogen (secondary N) is 3. The van der Waals surface area contributed by atoms with E-state index in [2.05, 4.69) is 29.1 Å². The number of amides is 4. The highest BCUT2D eigenvalue weighted by atomic mass is 16.5. The van der Waals surface area contributed by atoms with Crippen LogP contribution in [0, 0.1) is 11.8 Å². The van der Waals surface area contributed by atoms with Gasteiger partial charge in [-0.05, 0) is 74.3 Å². The van der Waals surface area contributed by atoms with E-state index in [1.54, 1.807) is 6.08 Å². The molecule has 3 N–H and O–H groups in total. The van der Waals surface area contributed by atoms with E-state index in [-0.39, 0.29) is 24.8 Å². The van der Waals surface area contributed by atoms with Crippen molar-refractivity contribution in [3.63, 3.8) is 0 Å². The van der Waals surface area contributed by atoms with Crippen molar-refractivity contribution in [2.45, 2.75) is 69.5 Å². The Balaban J connectivity index is 1.47. The van der Waals surface area contributed by atoms with Crippen LogP contribution in [0.5, 0.6) is 0 Å². The second-order valence-electron chi connectivity index (χ2n) is 11.1. The number of likely N-dealkylation sites (tertiary alicyclic amines) is 1. The Hall–Kier alpha value is -3.95. The van der Waals surface area contributed by atoms with E-state index >= 15 is 0 Å². The summed E-state index contributed by atoms with van der Waals surface area (Å²) in [6, 6.07) is 5.22. The van der Waals surface area contributed by atoms with Gasteiger partial charge < -0.3 is 25.6 Å². The van der Waals surface area contributed by atoms with Gasteiger partial charge in [0.2, 0.25) is 17.6 Å². The van der Waals surface area contributed by atoms with Gasteiger partial charge >= 0.3 is 6.09 Å². The third-order valence-electron chi connectivity index (χ3n) is 8.00. The molecule has 0 aromatic heterocycles. The topological polar surface area (TPSA) is 134 Å². The van der Waals surface area contributed by atoms with Crippen LogP contribution < -0.4 is 16.0 Å². The molecule has 2 unspecified atom stereocenters. The first-order chi connectivity index (χ1) is 19.8. The monoisotopic (exact) mass is 564 g/mol. The van der Waals surface area contributed by atoms with Crippen LogP contribution in [0.4, 0.5) is 4.79 Å². The van der Waals surface area contributed by atoms with Gasteiger partial charge in [-0.3, -0.25) is 19.2 Å². The smallest absolute Gasteiger partial charge is 0.407 e. The number of benzene rings is 1. The number of rotatable bonds is 14. The van der Waals surface area contributed by atoms with Crippen LogP contribution in [-0.2, 0) is 36.8 Å². The van der Waals surface area contributed by atoms with Crippen LogP contribution in [-0.4, -0.2) is 72.3 Å². The van der Waals surface area contributed by atoms with Crippen LogP contribution in [0.15, 0.2) is 49.6 Å². The summed E-state index contributed by atoms with van der Waals surface area (Å²) in [7, 11) is 0. The summed E-state index contributed by atoms with van der Waals surface area (Å²) in [5.41, 5.74) is 2.27. The van der Waals surface area contributed by atoms with E-state index < -0.39 is 41.8 Å². The number of ether oxygens (including phenoxy) is 1. The fraction of sp³-hybridized carbons (Fsp3) is 0.516. The lowest BCUT2D eigenvalue weighted by molar-refractivity contribution is -0.143. The summed E-state index contributed by atoms with van der Waals surface area (Å²) in [6.45, 7) is 7.98. The summed E-state index contributed by atoms with van der Waals surface area (Å²) in [6.07, 6.45) is 7.36. The zero-order valence-electron chi connectivity index (χ0n) is 23.4. The molecule has 1 saturated heterocycles. The molecule has 1 heterocycles. The number of carbonyl (C=O) groups excluding carboxylic acids is 5. The number of ketones is 1. The molecule has 4 amide bonds. The molecule has 10 heteroatoms.